The van der Waals surface area contributed by atoms with E-state index in [2.05, 4.69) is 9.97 Å². The van der Waals surface area contributed by atoms with Crippen molar-refractivity contribution in [2.75, 3.05) is 5.73 Å². The summed E-state index contributed by atoms with van der Waals surface area (Å²) in [7, 11) is 0. The van der Waals surface area contributed by atoms with Gasteiger partial charge < -0.3 is 10.7 Å². The van der Waals surface area contributed by atoms with Crippen molar-refractivity contribution in [2.24, 2.45) is 0 Å². The molecule has 3 aromatic rings. The number of rotatable bonds is 1. The number of fused-ring (bicyclic) bond motifs is 1. The Hall–Kier alpha value is -2.43. The lowest BCUT2D eigenvalue weighted by molar-refractivity contribution is 0.509. The summed E-state index contributed by atoms with van der Waals surface area (Å²) in [6.07, 6.45) is 0. The number of nitrogens with one attached hydrogen (secondary N) is 1. The van der Waals surface area contributed by atoms with E-state index in [-0.39, 0.29) is 5.69 Å². The smallest absolute Gasteiger partial charge is 0.160 e. The molecule has 0 aliphatic rings. The van der Waals surface area contributed by atoms with Crippen LogP contribution >= 0.6 is 0 Å². The fourth-order valence-corrected chi connectivity index (χ4v) is 2.07. The molecule has 3 nitrogen and oxygen atoms in total. The van der Waals surface area contributed by atoms with Gasteiger partial charge in [0.05, 0.1) is 11.0 Å². The third-order valence-electron chi connectivity index (χ3n) is 3.06. The number of aromatic amines is 1. The van der Waals surface area contributed by atoms with E-state index in [0.717, 1.165) is 28.7 Å². The quantitative estimate of drug-likeness (QED) is 0.658. The zero-order chi connectivity index (χ0) is 13.6. The largest absolute Gasteiger partial charge is 0.398 e. The molecule has 0 aliphatic carbocycles. The molecule has 1 aromatic heterocycles. The predicted octanol–water partition coefficient (Wildman–Crippen LogP) is 3.40. The highest BCUT2D eigenvalue weighted by atomic mass is 19.2. The van der Waals surface area contributed by atoms with Crippen molar-refractivity contribution in [1.29, 1.82) is 0 Å². The standard InChI is InChI=1S/C14H11F2N3/c1-7-3-2-4-12-13(7)19-14(18-12)8-5-9(15)10(16)6-11(8)17/h2-6H,17H2,1H3,(H,18,19). The highest BCUT2D eigenvalue weighted by Gasteiger charge is 2.13. The Morgan fingerprint density at radius 3 is 2.63 bits per heavy atom. The number of nitrogens with two attached hydrogens (primary N) is 1. The minimum absolute atomic E-state index is 0.149. The Labute approximate surface area is 108 Å². The van der Waals surface area contributed by atoms with Crippen LogP contribution in [0.1, 0.15) is 5.56 Å². The Bertz CT molecular complexity index is 778. The average molecular weight is 259 g/mol. The summed E-state index contributed by atoms with van der Waals surface area (Å²) in [6, 6.07) is 7.72. The molecule has 1 heterocycles. The van der Waals surface area contributed by atoms with Gasteiger partial charge >= 0.3 is 0 Å². The molecule has 0 atom stereocenters. The lowest BCUT2D eigenvalue weighted by Gasteiger charge is -2.03. The highest BCUT2D eigenvalue weighted by molar-refractivity contribution is 5.84. The molecule has 0 saturated heterocycles. The van der Waals surface area contributed by atoms with Crippen LogP contribution in [-0.2, 0) is 0 Å². The van der Waals surface area contributed by atoms with Gasteiger partial charge in [-0.3, -0.25) is 0 Å². The molecule has 0 spiro atoms. The first-order valence-electron chi connectivity index (χ1n) is 5.76. The van der Waals surface area contributed by atoms with Gasteiger partial charge in [-0.1, -0.05) is 12.1 Å². The summed E-state index contributed by atoms with van der Waals surface area (Å²) >= 11 is 0. The van der Waals surface area contributed by atoms with Crippen LogP contribution in [0.25, 0.3) is 22.4 Å². The molecule has 3 N–H and O–H groups in total. The predicted molar refractivity (Wildman–Crippen MR) is 70.6 cm³/mol. The topological polar surface area (TPSA) is 54.7 Å². The van der Waals surface area contributed by atoms with Gasteiger partial charge in [-0.15, -0.1) is 0 Å². The van der Waals surface area contributed by atoms with Crippen LogP contribution in [-0.4, -0.2) is 9.97 Å². The van der Waals surface area contributed by atoms with Gasteiger partial charge in [0.1, 0.15) is 5.82 Å². The third kappa shape index (κ3) is 1.83. The molecular formula is C14H11F2N3. The minimum atomic E-state index is -0.964. The van der Waals surface area contributed by atoms with Crippen molar-refractivity contribution in [3.05, 3.63) is 47.5 Å². The van der Waals surface area contributed by atoms with Crippen molar-refractivity contribution in [3.8, 4) is 11.4 Å². The number of anilines is 1. The number of hydrogen-bond acceptors (Lipinski definition) is 2. The maximum atomic E-state index is 13.3. The first-order valence-corrected chi connectivity index (χ1v) is 5.76. The van der Waals surface area contributed by atoms with Gasteiger partial charge in [0.25, 0.3) is 0 Å². The summed E-state index contributed by atoms with van der Waals surface area (Å²) < 4.78 is 26.4. The Morgan fingerprint density at radius 2 is 1.89 bits per heavy atom. The number of aryl methyl sites for hydroxylation is 1. The van der Waals surface area contributed by atoms with E-state index in [4.69, 9.17) is 5.73 Å². The van der Waals surface area contributed by atoms with Gasteiger partial charge in [0.2, 0.25) is 0 Å². The molecule has 0 saturated carbocycles. The van der Waals surface area contributed by atoms with Gasteiger partial charge in [0.15, 0.2) is 11.6 Å². The molecule has 0 amide bonds. The molecule has 19 heavy (non-hydrogen) atoms. The maximum Gasteiger partial charge on any atom is 0.160 e. The SMILES string of the molecule is Cc1cccc2[nH]c(-c3cc(F)c(F)cc3N)nc12. The van der Waals surface area contributed by atoms with E-state index < -0.39 is 11.6 Å². The number of nitrogens with zero attached hydrogens (tertiary/aromatic N) is 1. The van der Waals surface area contributed by atoms with E-state index in [0.29, 0.717) is 11.4 Å². The van der Waals surface area contributed by atoms with E-state index in [1.54, 1.807) is 0 Å². The number of halogens is 2. The molecule has 0 bridgehead atoms. The number of nitrogen functional groups attached to an aromatic ring is 1. The fraction of sp³-hybridized carbons (Fsp3) is 0.0714. The lowest BCUT2D eigenvalue weighted by atomic mass is 10.1. The zero-order valence-electron chi connectivity index (χ0n) is 10.2. The first-order chi connectivity index (χ1) is 9.06. The van der Waals surface area contributed by atoms with E-state index >= 15 is 0 Å². The van der Waals surface area contributed by atoms with Crippen molar-refractivity contribution in [1.82, 2.24) is 9.97 Å². The van der Waals surface area contributed by atoms with Crippen molar-refractivity contribution in [3.63, 3.8) is 0 Å². The summed E-state index contributed by atoms with van der Waals surface area (Å²) in [5.74, 6) is -1.48. The van der Waals surface area contributed by atoms with Gasteiger partial charge in [-0.05, 0) is 24.6 Å². The second-order valence-corrected chi connectivity index (χ2v) is 4.41. The van der Waals surface area contributed by atoms with Crippen LogP contribution < -0.4 is 5.73 Å². The molecule has 5 heteroatoms. The van der Waals surface area contributed by atoms with Crippen molar-refractivity contribution < 1.29 is 8.78 Å². The Kier molecular flexibility index (Phi) is 2.48. The summed E-state index contributed by atoms with van der Waals surface area (Å²) in [6.45, 7) is 1.93. The summed E-state index contributed by atoms with van der Waals surface area (Å²) in [5, 5.41) is 0. The number of imidazole rings is 1. The van der Waals surface area contributed by atoms with Crippen molar-refractivity contribution >= 4 is 16.7 Å². The van der Waals surface area contributed by atoms with Crippen LogP contribution in [0.2, 0.25) is 0 Å². The molecule has 3 rings (SSSR count). The fourth-order valence-electron chi connectivity index (χ4n) is 2.07. The second kappa shape index (κ2) is 4.05. The van der Waals surface area contributed by atoms with E-state index in [9.17, 15) is 8.78 Å². The molecule has 2 aromatic carbocycles. The number of para-hydroxylation sites is 1. The van der Waals surface area contributed by atoms with Gasteiger partial charge in [-0.2, -0.15) is 0 Å². The second-order valence-electron chi connectivity index (χ2n) is 4.41. The van der Waals surface area contributed by atoms with Crippen LogP contribution in [0.15, 0.2) is 30.3 Å². The molecule has 96 valence electrons. The average Bonchev–Trinajstić information content (AvgIpc) is 2.79. The summed E-state index contributed by atoms with van der Waals surface area (Å²) in [4.78, 5) is 7.45. The van der Waals surface area contributed by atoms with Gasteiger partial charge in [-0.25, -0.2) is 13.8 Å². The van der Waals surface area contributed by atoms with Crippen LogP contribution in [0.4, 0.5) is 14.5 Å². The molecule has 0 fully saturated rings. The Morgan fingerprint density at radius 1 is 1.16 bits per heavy atom. The van der Waals surface area contributed by atoms with Crippen LogP contribution in [0, 0.1) is 18.6 Å². The molecule has 0 unspecified atom stereocenters. The third-order valence-corrected chi connectivity index (χ3v) is 3.06. The number of aromatic nitrogens is 2. The number of hydrogen-bond donors (Lipinski definition) is 2. The van der Waals surface area contributed by atoms with Gasteiger partial charge in [0, 0.05) is 17.3 Å². The van der Waals surface area contributed by atoms with E-state index in [1.807, 2.05) is 25.1 Å². The zero-order valence-corrected chi connectivity index (χ0v) is 10.2. The maximum absolute atomic E-state index is 13.3. The van der Waals surface area contributed by atoms with E-state index in [1.165, 1.54) is 0 Å². The molecular weight excluding hydrogens is 248 g/mol. The summed E-state index contributed by atoms with van der Waals surface area (Å²) in [5.41, 5.74) is 8.85. The monoisotopic (exact) mass is 259 g/mol. The van der Waals surface area contributed by atoms with Crippen LogP contribution in [0.3, 0.4) is 0 Å². The number of H-pyrrole nitrogens is 1. The first kappa shape index (κ1) is 11.6. The molecule has 0 radical (unpaired) electrons. The number of benzene rings is 2. The normalized spacial score (nSPS) is 11.1. The van der Waals surface area contributed by atoms with Crippen LogP contribution in [0.5, 0.6) is 0 Å². The minimum Gasteiger partial charge on any atom is -0.398 e. The van der Waals surface area contributed by atoms with Crippen molar-refractivity contribution in [2.45, 2.75) is 6.92 Å². The highest BCUT2D eigenvalue weighted by Crippen LogP contribution is 2.28. The lowest BCUT2D eigenvalue weighted by Crippen LogP contribution is -1.95. The Balaban J connectivity index is 2.25. The molecule has 0 aliphatic heterocycles.